The van der Waals surface area contributed by atoms with Gasteiger partial charge in [0.2, 0.25) is 0 Å². The lowest BCUT2D eigenvalue weighted by molar-refractivity contribution is 0.102. The number of aryl methyl sites for hydroxylation is 1. The third-order valence-corrected chi connectivity index (χ3v) is 5.82. The molecule has 2 aromatic carbocycles. The number of amides is 2. The van der Waals surface area contributed by atoms with Gasteiger partial charge in [-0.3, -0.25) is 10.1 Å². The largest absolute Gasteiger partial charge is 0.450 e. The van der Waals surface area contributed by atoms with Gasteiger partial charge >= 0.3 is 6.09 Å². The van der Waals surface area contributed by atoms with Crippen LogP contribution in [0.15, 0.2) is 59.1 Å². The van der Waals surface area contributed by atoms with Crippen molar-refractivity contribution in [1.82, 2.24) is 10.1 Å². The van der Waals surface area contributed by atoms with E-state index >= 15 is 0 Å². The number of thiazole rings is 1. The fourth-order valence-electron chi connectivity index (χ4n) is 3.15. The molecule has 0 saturated heterocycles. The Morgan fingerprint density at radius 2 is 1.79 bits per heavy atom. The van der Waals surface area contributed by atoms with Crippen molar-refractivity contribution in [1.29, 1.82) is 0 Å². The number of nitrogens with one attached hydrogen (secondary N) is 2. The Balaban J connectivity index is 1.70. The van der Waals surface area contributed by atoms with Crippen LogP contribution in [0.3, 0.4) is 0 Å². The number of carbonyl (C=O) groups is 2. The highest BCUT2D eigenvalue weighted by molar-refractivity contribution is 7.20. The van der Waals surface area contributed by atoms with Crippen molar-refractivity contribution in [2.45, 2.75) is 13.8 Å². The molecule has 0 radical (unpaired) electrons. The first kappa shape index (κ1) is 22.5. The molecule has 0 bridgehead atoms. The van der Waals surface area contributed by atoms with Crippen molar-refractivity contribution >= 4 is 45.1 Å². The number of hydrogen-bond donors (Lipinski definition) is 2. The van der Waals surface area contributed by atoms with Gasteiger partial charge in [0.25, 0.3) is 5.91 Å². The Kier molecular flexibility index (Phi) is 6.71. The molecular weight excluding hydrogens is 464 g/mol. The molecule has 0 unspecified atom stereocenters. The first-order valence-corrected chi connectivity index (χ1v) is 11.2. The molecule has 4 rings (SSSR count). The first-order chi connectivity index (χ1) is 16.0. The summed E-state index contributed by atoms with van der Waals surface area (Å²) < 4.78 is 10.2. The third kappa shape index (κ3) is 4.89. The zero-order chi connectivity index (χ0) is 23.4. The Labute approximate surface area is 198 Å². The molecule has 168 valence electrons. The number of benzene rings is 2. The zero-order valence-corrected chi connectivity index (χ0v) is 19.3. The van der Waals surface area contributed by atoms with Gasteiger partial charge in [-0.15, -0.1) is 0 Å². The highest BCUT2D eigenvalue weighted by Crippen LogP contribution is 2.37. The quantitative estimate of drug-likeness (QED) is 0.336. The topological polar surface area (TPSA) is 106 Å². The van der Waals surface area contributed by atoms with Crippen molar-refractivity contribution in [3.05, 3.63) is 70.9 Å². The van der Waals surface area contributed by atoms with Gasteiger partial charge in [-0.05, 0) is 19.9 Å². The summed E-state index contributed by atoms with van der Waals surface area (Å²) in [7, 11) is 0. The molecule has 0 saturated carbocycles. The average molecular weight is 483 g/mol. The summed E-state index contributed by atoms with van der Waals surface area (Å²) in [6, 6.07) is 16.4. The Bertz CT molecular complexity index is 1300. The predicted octanol–water partition coefficient (Wildman–Crippen LogP) is 6.25. The highest BCUT2D eigenvalue weighted by atomic mass is 35.5. The summed E-state index contributed by atoms with van der Waals surface area (Å²) in [6.07, 6.45) is -0.625. The van der Waals surface area contributed by atoms with Gasteiger partial charge in [-0.1, -0.05) is 76.6 Å². The van der Waals surface area contributed by atoms with Crippen LogP contribution in [0.2, 0.25) is 5.02 Å². The molecule has 10 heteroatoms. The number of nitrogens with zero attached hydrogens (tertiary/aromatic N) is 2. The summed E-state index contributed by atoms with van der Waals surface area (Å²) in [6.45, 7) is 3.59. The molecule has 0 aliphatic carbocycles. The highest BCUT2D eigenvalue weighted by Gasteiger charge is 2.25. The zero-order valence-electron chi connectivity index (χ0n) is 17.7. The monoisotopic (exact) mass is 482 g/mol. The maximum atomic E-state index is 13.3. The van der Waals surface area contributed by atoms with Gasteiger partial charge in [-0.25, -0.2) is 9.78 Å². The van der Waals surface area contributed by atoms with Crippen molar-refractivity contribution in [3.8, 4) is 22.5 Å². The number of anilines is 2. The smallest absolute Gasteiger partial charge is 0.413 e. The molecule has 0 fully saturated rings. The molecule has 2 amide bonds. The average Bonchev–Trinajstić information content (AvgIpc) is 3.38. The van der Waals surface area contributed by atoms with Crippen LogP contribution in [0.25, 0.3) is 22.5 Å². The molecule has 2 heterocycles. The van der Waals surface area contributed by atoms with Crippen molar-refractivity contribution in [2.24, 2.45) is 0 Å². The second-order valence-electron chi connectivity index (χ2n) is 6.80. The second kappa shape index (κ2) is 9.85. The van der Waals surface area contributed by atoms with E-state index < -0.39 is 12.0 Å². The van der Waals surface area contributed by atoms with Crippen LogP contribution in [0, 0.1) is 6.92 Å². The lowest BCUT2D eigenvalue weighted by atomic mass is 10.1. The number of ether oxygens (including phenoxy) is 1. The lowest BCUT2D eigenvalue weighted by Crippen LogP contribution is -2.13. The number of hydrogen-bond acceptors (Lipinski definition) is 7. The predicted molar refractivity (Wildman–Crippen MR) is 128 cm³/mol. The van der Waals surface area contributed by atoms with E-state index in [0.717, 1.165) is 16.9 Å². The van der Waals surface area contributed by atoms with E-state index in [1.54, 1.807) is 38.1 Å². The normalized spacial score (nSPS) is 10.6. The Morgan fingerprint density at radius 1 is 1.06 bits per heavy atom. The van der Waals surface area contributed by atoms with Gasteiger partial charge in [0.05, 0.1) is 11.6 Å². The summed E-state index contributed by atoms with van der Waals surface area (Å²) in [5.41, 5.74) is 2.46. The Hall–Kier alpha value is -3.69. The third-order valence-electron chi connectivity index (χ3n) is 4.60. The molecule has 2 N–H and O–H groups in total. The van der Waals surface area contributed by atoms with E-state index in [4.69, 9.17) is 20.9 Å². The fourth-order valence-corrected chi connectivity index (χ4v) is 4.24. The van der Waals surface area contributed by atoms with Crippen LogP contribution in [-0.4, -0.2) is 28.7 Å². The number of aromatic nitrogens is 2. The second-order valence-corrected chi connectivity index (χ2v) is 8.21. The van der Waals surface area contributed by atoms with Crippen LogP contribution < -0.4 is 10.6 Å². The van der Waals surface area contributed by atoms with Gasteiger partial charge in [0, 0.05) is 11.1 Å². The minimum absolute atomic E-state index is 0.226. The summed E-state index contributed by atoms with van der Waals surface area (Å²) in [5.74, 6) is -0.0924. The number of rotatable bonds is 6. The van der Waals surface area contributed by atoms with Gasteiger partial charge in [0.15, 0.2) is 5.13 Å². The van der Waals surface area contributed by atoms with E-state index in [-0.39, 0.29) is 17.3 Å². The Morgan fingerprint density at radius 3 is 2.52 bits per heavy atom. The number of halogens is 1. The molecule has 0 spiro atoms. The van der Waals surface area contributed by atoms with Crippen LogP contribution in [-0.2, 0) is 4.74 Å². The maximum Gasteiger partial charge on any atom is 0.413 e. The van der Waals surface area contributed by atoms with Crippen molar-refractivity contribution in [2.75, 3.05) is 17.2 Å². The first-order valence-electron chi connectivity index (χ1n) is 10.0. The SMILES string of the molecule is CCOC(=O)Nc1nc(-c2ccccc2)c(NC(=O)c2c(-c3ccccc3Cl)noc2C)s1. The van der Waals surface area contributed by atoms with Crippen LogP contribution in [0.4, 0.5) is 14.9 Å². The van der Waals surface area contributed by atoms with E-state index in [1.165, 1.54) is 0 Å². The summed E-state index contributed by atoms with van der Waals surface area (Å²) >= 11 is 7.43. The summed E-state index contributed by atoms with van der Waals surface area (Å²) in [5, 5.41) is 10.7. The molecule has 4 aromatic rings. The maximum absolute atomic E-state index is 13.3. The van der Waals surface area contributed by atoms with Gasteiger partial charge < -0.3 is 14.6 Å². The molecule has 8 nitrogen and oxygen atoms in total. The van der Waals surface area contributed by atoms with Crippen molar-refractivity contribution in [3.63, 3.8) is 0 Å². The van der Waals surface area contributed by atoms with E-state index in [2.05, 4.69) is 20.8 Å². The molecule has 2 aromatic heterocycles. The molecular formula is C23H19ClN4O4S. The standard InChI is InChI=1S/C23H19ClN4O4S/c1-3-31-23(30)27-22-25-18(14-9-5-4-6-10-14)21(33-22)26-20(29)17-13(2)32-28-19(17)15-11-7-8-12-16(15)24/h4-12H,3H2,1-2H3,(H,26,29)(H,25,27,30). The van der Waals surface area contributed by atoms with E-state index in [1.807, 2.05) is 30.3 Å². The minimum atomic E-state index is -0.625. The van der Waals surface area contributed by atoms with E-state index in [9.17, 15) is 9.59 Å². The molecule has 33 heavy (non-hydrogen) atoms. The van der Waals surface area contributed by atoms with Crippen molar-refractivity contribution < 1.29 is 18.8 Å². The van der Waals surface area contributed by atoms with Gasteiger partial charge in [-0.2, -0.15) is 0 Å². The van der Waals surface area contributed by atoms with Gasteiger partial charge in [0.1, 0.15) is 27.7 Å². The minimum Gasteiger partial charge on any atom is -0.450 e. The molecule has 0 atom stereocenters. The van der Waals surface area contributed by atoms with Crippen LogP contribution in [0.5, 0.6) is 0 Å². The molecule has 0 aliphatic rings. The number of carbonyl (C=O) groups excluding carboxylic acids is 2. The summed E-state index contributed by atoms with van der Waals surface area (Å²) in [4.78, 5) is 29.7. The lowest BCUT2D eigenvalue weighted by Gasteiger charge is -2.07. The van der Waals surface area contributed by atoms with E-state index in [0.29, 0.717) is 32.7 Å². The van der Waals surface area contributed by atoms with Crippen LogP contribution in [0.1, 0.15) is 23.0 Å². The fraction of sp³-hybridized carbons (Fsp3) is 0.130. The van der Waals surface area contributed by atoms with Crippen LogP contribution >= 0.6 is 22.9 Å². The molecule has 0 aliphatic heterocycles.